The highest BCUT2D eigenvalue weighted by Gasteiger charge is 2.26. The van der Waals surface area contributed by atoms with Gasteiger partial charge in [-0.1, -0.05) is 18.2 Å². The molecule has 1 heterocycles. The first-order valence-electron chi connectivity index (χ1n) is 13.0. The standard InChI is InChI=1S/C29H36N4O6S/c1-29(2,3)39-28(35)33-17-15-32(16-18-33)24-9-6-8-23(19-24)31-40(36,37)25-13-11-22(12-14-25)30-20-21-7-5-10-26(38-4)27(21)34/h5-14,19,30-31,34H,15-18,20H2,1-4H3. The van der Waals surface area contributed by atoms with E-state index in [0.29, 0.717) is 55.4 Å². The smallest absolute Gasteiger partial charge is 0.410 e. The van der Waals surface area contributed by atoms with Crippen molar-refractivity contribution in [2.45, 2.75) is 37.8 Å². The van der Waals surface area contributed by atoms with Gasteiger partial charge in [0.25, 0.3) is 10.0 Å². The number of carbonyl (C=O) groups is 1. The summed E-state index contributed by atoms with van der Waals surface area (Å²) < 4.78 is 39.4. The second kappa shape index (κ2) is 12.0. The number of para-hydroxylation sites is 1. The zero-order valence-electron chi connectivity index (χ0n) is 23.2. The summed E-state index contributed by atoms with van der Waals surface area (Å²) >= 11 is 0. The summed E-state index contributed by atoms with van der Waals surface area (Å²) in [6.07, 6.45) is -0.326. The molecular weight excluding hydrogens is 532 g/mol. The zero-order chi connectivity index (χ0) is 28.9. The lowest BCUT2D eigenvalue weighted by Gasteiger charge is -2.36. The maximum Gasteiger partial charge on any atom is 0.410 e. The van der Waals surface area contributed by atoms with Gasteiger partial charge in [0.2, 0.25) is 0 Å². The van der Waals surface area contributed by atoms with Crippen molar-refractivity contribution in [3.8, 4) is 11.5 Å². The molecule has 3 aromatic carbocycles. The predicted octanol–water partition coefficient (Wildman–Crippen LogP) is 4.87. The molecule has 0 aliphatic carbocycles. The molecule has 0 radical (unpaired) electrons. The average Bonchev–Trinajstić information content (AvgIpc) is 2.92. The maximum atomic E-state index is 13.1. The van der Waals surface area contributed by atoms with E-state index in [-0.39, 0.29) is 16.7 Å². The lowest BCUT2D eigenvalue weighted by Crippen LogP contribution is -2.50. The predicted molar refractivity (Wildman–Crippen MR) is 156 cm³/mol. The first kappa shape index (κ1) is 28.9. The van der Waals surface area contributed by atoms with Crippen LogP contribution in [0.4, 0.5) is 21.9 Å². The molecule has 1 aliphatic heterocycles. The number of anilines is 3. The third-order valence-corrected chi connectivity index (χ3v) is 7.74. The number of phenolic OH excluding ortho intramolecular Hbond substituents is 1. The summed E-state index contributed by atoms with van der Waals surface area (Å²) in [6.45, 7) is 8.12. The molecular formula is C29H36N4O6S. The molecule has 0 saturated carbocycles. The van der Waals surface area contributed by atoms with Crippen molar-refractivity contribution in [1.82, 2.24) is 4.90 Å². The van der Waals surface area contributed by atoms with Crippen molar-refractivity contribution in [2.24, 2.45) is 0 Å². The van der Waals surface area contributed by atoms with Gasteiger partial charge < -0.3 is 29.7 Å². The molecule has 214 valence electrons. The normalized spacial score (nSPS) is 14.0. The number of sulfonamides is 1. The van der Waals surface area contributed by atoms with Crippen LogP contribution >= 0.6 is 0 Å². The van der Waals surface area contributed by atoms with Crippen LogP contribution in [-0.2, 0) is 21.3 Å². The van der Waals surface area contributed by atoms with Gasteiger partial charge in [0.15, 0.2) is 11.5 Å². The molecule has 40 heavy (non-hydrogen) atoms. The molecule has 0 spiro atoms. The van der Waals surface area contributed by atoms with Crippen LogP contribution in [0.5, 0.6) is 11.5 Å². The Labute approximate surface area is 235 Å². The van der Waals surface area contributed by atoms with Crippen LogP contribution in [0.25, 0.3) is 0 Å². The van der Waals surface area contributed by atoms with Crippen LogP contribution in [0.1, 0.15) is 26.3 Å². The van der Waals surface area contributed by atoms with Gasteiger partial charge in [-0.15, -0.1) is 0 Å². The van der Waals surface area contributed by atoms with Crippen molar-refractivity contribution in [3.05, 3.63) is 72.3 Å². The lowest BCUT2D eigenvalue weighted by atomic mass is 10.2. The van der Waals surface area contributed by atoms with Crippen molar-refractivity contribution in [2.75, 3.05) is 48.2 Å². The van der Waals surface area contributed by atoms with E-state index in [1.165, 1.54) is 19.2 Å². The summed E-state index contributed by atoms with van der Waals surface area (Å²) in [5.74, 6) is 0.451. The molecule has 3 N–H and O–H groups in total. The first-order valence-corrected chi connectivity index (χ1v) is 14.5. The van der Waals surface area contributed by atoms with E-state index < -0.39 is 15.6 Å². The van der Waals surface area contributed by atoms with Crippen LogP contribution in [-0.4, -0.2) is 63.4 Å². The van der Waals surface area contributed by atoms with E-state index in [0.717, 1.165) is 5.69 Å². The summed E-state index contributed by atoms with van der Waals surface area (Å²) in [7, 11) is -2.33. The van der Waals surface area contributed by atoms with Crippen molar-refractivity contribution in [1.29, 1.82) is 0 Å². The van der Waals surface area contributed by atoms with Crippen molar-refractivity contribution in [3.63, 3.8) is 0 Å². The minimum atomic E-state index is -3.82. The van der Waals surface area contributed by atoms with Crippen LogP contribution in [0, 0.1) is 0 Å². The molecule has 1 fully saturated rings. The monoisotopic (exact) mass is 568 g/mol. The summed E-state index contributed by atoms with van der Waals surface area (Å²) in [5, 5.41) is 13.4. The first-order chi connectivity index (χ1) is 18.9. The molecule has 11 heteroatoms. The molecule has 1 amide bonds. The van der Waals surface area contributed by atoms with E-state index in [4.69, 9.17) is 9.47 Å². The van der Waals surface area contributed by atoms with Crippen LogP contribution in [0.15, 0.2) is 71.6 Å². The average molecular weight is 569 g/mol. The summed E-state index contributed by atoms with van der Waals surface area (Å²) in [4.78, 5) is 16.3. The Hall–Kier alpha value is -4.12. The number of amides is 1. The quantitative estimate of drug-likeness (QED) is 0.352. The maximum absolute atomic E-state index is 13.1. The number of carbonyl (C=O) groups excluding carboxylic acids is 1. The Morgan fingerprint density at radius 3 is 2.27 bits per heavy atom. The van der Waals surface area contributed by atoms with Gasteiger partial charge in [0.1, 0.15) is 5.60 Å². The molecule has 0 unspecified atom stereocenters. The SMILES string of the molecule is COc1cccc(CNc2ccc(S(=O)(=O)Nc3cccc(N4CCN(C(=O)OC(C)(C)C)CC4)c3)cc2)c1O. The number of nitrogens with one attached hydrogen (secondary N) is 2. The number of ether oxygens (including phenoxy) is 2. The minimum absolute atomic E-state index is 0.0630. The van der Waals surface area contributed by atoms with Crippen LogP contribution in [0.2, 0.25) is 0 Å². The number of rotatable bonds is 8. The van der Waals surface area contributed by atoms with Gasteiger partial charge in [-0.3, -0.25) is 4.72 Å². The third-order valence-electron chi connectivity index (χ3n) is 6.34. The fraction of sp³-hybridized carbons (Fsp3) is 0.345. The Morgan fingerprint density at radius 1 is 0.950 bits per heavy atom. The van der Waals surface area contributed by atoms with Crippen molar-refractivity contribution >= 4 is 33.2 Å². The Morgan fingerprint density at radius 2 is 1.62 bits per heavy atom. The van der Waals surface area contributed by atoms with E-state index in [9.17, 15) is 18.3 Å². The highest BCUT2D eigenvalue weighted by Crippen LogP contribution is 2.30. The van der Waals surface area contributed by atoms with Crippen molar-refractivity contribution < 1.29 is 27.8 Å². The zero-order valence-corrected chi connectivity index (χ0v) is 24.0. The highest BCUT2D eigenvalue weighted by atomic mass is 32.2. The molecule has 0 atom stereocenters. The second-order valence-electron chi connectivity index (χ2n) is 10.5. The number of benzene rings is 3. The van der Waals surface area contributed by atoms with Gasteiger partial charge in [-0.2, -0.15) is 0 Å². The number of piperazine rings is 1. The number of methoxy groups -OCH3 is 1. The number of hydrogen-bond donors (Lipinski definition) is 3. The molecule has 0 aromatic heterocycles. The molecule has 10 nitrogen and oxygen atoms in total. The van der Waals surface area contributed by atoms with E-state index in [1.807, 2.05) is 26.8 Å². The van der Waals surface area contributed by atoms with Gasteiger partial charge in [0.05, 0.1) is 17.7 Å². The fourth-order valence-electron chi connectivity index (χ4n) is 4.28. The van der Waals surface area contributed by atoms with Gasteiger partial charge >= 0.3 is 6.09 Å². The molecule has 4 rings (SSSR count). The Balaban J connectivity index is 1.35. The van der Waals surface area contributed by atoms with E-state index in [2.05, 4.69) is 14.9 Å². The molecule has 1 saturated heterocycles. The number of nitrogens with zero attached hydrogens (tertiary/aromatic N) is 2. The van der Waals surface area contributed by atoms with E-state index >= 15 is 0 Å². The Kier molecular flexibility index (Phi) is 8.63. The van der Waals surface area contributed by atoms with Crippen LogP contribution in [0.3, 0.4) is 0 Å². The summed E-state index contributed by atoms with van der Waals surface area (Å²) in [6, 6.07) is 18.8. The largest absolute Gasteiger partial charge is 0.504 e. The van der Waals surface area contributed by atoms with Gasteiger partial charge in [-0.25, -0.2) is 13.2 Å². The Bertz CT molecular complexity index is 1430. The number of hydrogen-bond acceptors (Lipinski definition) is 8. The topological polar surface area (TPSA) is 120 Å². The van der Waals surface area contributed by atoms with Crippen LogP contribution < -0.4 is 19.7 Å². The highest BCUT2D eigenvalue weighted by molar-refractivity contribution is 7.92. The van der Waals surface area contributed by atoms with Gasteiger partial charge in [-0.05, 0) is 69.3 Å². The molecule has 3 aromatic rings. The minimum Gasteiger partial charge on any atom is -0.504 e. The number of aromatic hydroxyl groups is 1. The molecule has 1 aliphatic rings. The lowest BCUT2D eigenvalue weighted by molar-refractivity contribution is 0.0240. The van der Waals surface area contributed by atoms with Gasteiger partial charge in [0, 0.05) is 49.7 Å². The number of phenols is 1. The van der Waals surface area contributed by atoms with E-state index in [1.54, 1.807) is 53.4 Å². The molecule has 0 bridgehead atoms. The second-order valence-corrected chi connectivity index (χ2v) is 12.1. The third kappa shape index (κ3) is 7.29. The summed E-state index contributed by atoms with van der Waals surface area (Å²) in [5.41, 5.74) is 2.13. The fourth-order valence-corrected chi connectivity index (χ4v) is 5.33.